The first-order valence-corrected chi connectivity index (χ1v) is 11.8. The summed E-state index contributed by atoms with van der Waals surface area (Å²) in [4.78, 5) is 0. The summed E-state index contributed by atoms with van der Waals surface area (Å²) in [6.45, 7) is 17.0. The van der Waals surface area contributed by atoms with Gasteiger partial charge in [-0.25, -0.2) is 8.93 Å². The Balaban J connectivity index is 5.28. The summed E-state index contributed by atoms with van der Waals surface area (Å²) in [5.41, 5.74) is 3.15. The van der Waals surface area contributed by atoms with Crippen molar-refractivity contribution in [2.24, 2.45) is 0 Å². The van der Waals surface area contributed by atoms with E-state index in [1.54, 1.807) is 0 Å². The van der Waals surface area contributed by atoms with Crippen LogP contribution in [0, 0.1) is 11.5 Å². The molecule has 0 saturated heterocycles. The Morgan fingerprint density at radius 3 is 2.00 bits per heavy atom. The molecule has 2 nitrogen and oxygen atoms in total. The van der Waals surface area contributed by atoms with Gasteiger partial charge in [-0.05, 0) is 33.6 Å². The second-order valence-electron chi connectivity index (χ2n) is 7.17. The lowest BCUT2D eigenvalue weighted by molar-refractivity contribution is 0.438. The maximum absolute atomic E-state index is 12.4. The smallest absolute Gasteiger partial charge is 0.129 e. The highest BCUT2D eigenvalue weighted by Crippen LogP contribution is 2.21. The van der Waals surface area contributed by atoms with E-state index >= 15 is 0 Å². The molecular formula is C15H31NOSSi. The molecule has 19 heavy (non-hydrogen) atoms. The zero-order valence-electron chi connectivity index (χ0n) is 13.9. The molecule has 0 aromatic rings. The molecule has 0 amide bonds. The first-order valence-electron chi connectivity index (χ1n) is 7.20. The van der Waals surface area contributed by atoms with E-state index in [9.17, 15) is 4.21 Å². The van der Waals surface area contributed by atoms with E-state index in [2.05, 4.69) is 49.7 Å². The molecule has 0 aliphatic rings. The third-order valence-corrected chi connectivity index (χ3v) is 5.36. The van der Waals surface area contributed by atoms with E-state index in [1.165, 1.54) is 0 Å². The van der Waals surface area contributed by atoms with E-state index in [0.29, 0.717) is 0 Å². The van der Waals surface area contributed by atoms with Gasteiger partial charge in [0, 0.05) is 0 Å². The van der Waals surface area contributed by atoms with Gasteiger partial charge in [0.15, 0.2) is 0 Å². The molecule has 0 unspecified atom stereocenters. The van der Waals surface area contributed by atoms with Crippen LogP contribution in [0.3, 0.4) is 0 Å². The molecule has 0 fully saturated rings. The van der Waals surface area contributed by atoms with Crippen LogP contribution in [0.2, 0.25) is 19.6 Å². The van der Waals surface area contributed by atoms with Crippen LogP contribution in [-0.2, 0) is 11.0 Å². The standard InChI is InChI=1S/C15H31NOSSi/c1-9-11-15(10-2,12-13-19(6,7)8)16-18(17)14(3,4)5/h16H,9-11H2,1-8H3/t15-,18+/m0/s1. The number of hydrogen-bond acceptors (Lipinski definition) is 1. The van der Waals surface area contributed by atoms with Crippen molar-refractivity contribution in [3.63, 3.8) is 0 Å². The summed E-state index contributed by atoms with van der Waals surface area (Å²) < 4.78 is 15.4. The number of hydrogen-bond donors (Lipinski definition) is 1. The van der Waals surface area contributed by atoms with Crippen LogP contribution >= 0.6 is 0 Å². The third-order valence-electron chi connectivity index (χ3n) is 2.80. The summed E-state index contributed by atoms with van der Waals surface area (Å²) in [6.07, 6.45) is 2.88. The minimum Gasteiger partial charge on any atom is -0.242 e. The quantitative estimate of drug-likeness (QED) is 0.606. The van der Waals surface area contributed by atoms with Crippen molar-refractivity contribution < 1.29 is 4.21 Å². The van der Waals surface area contributed by atoms with Gasteiger partial charge in [0.25, 0.3) is 0 Å². The van der Waals surface area contributed by atoms with Gasteiger partial charge in [-0.15, -0.1) is 5.54 Å². The Labute approximate surface area is 123 Å². The van der Waals surface area contributed by atoms with E-state index in [0.717, 1.165) is 19.3 Å². The van der Waals surface area contributed by atoms with E-state index < -0.39 is 19.1 Å². The molecule has 1 N–H and O–H groups in total. The van der Waals surface area contributed by atoms with Crippen molar-refractivity contribution in [2.75, 3.05) is 0 Å². The predicted octanol–water partition coefficient (Wildman–Crippen LogP) is 3.87. The average Bonchev–Trinajstić information content (AvgIpc) is 2.24. The topological polar surface area (TPSA) is 29.1 Å². The zero-order valence-corrected chi connectivity index (χ0v) is 15.8. The highest BCUT2D eigenvalue weighted by Gasteiger charge is 2.31. The summed E-state index contributed by atoms with van der Waals surface area (Å²) >= 11 is 0. The van der Waals surface area contributed by atoms with Gasteiger partial charge in [0.05, 0.1) is 21.3 Å². The highest BCUT2D eigenvalue weighted by molar-refractivity contribution is 7.84. The largest absolute Gasteiger partial charge is 0.242 e. The Kier molecular flexibility index (Phi) is 7.01. The Bertz CT molecular complexity index is 370. The van der Waals surface area contributed by atoms with Crippen molar-refractivity contribution in [1.29, 1.82) is 0 Å². The molecule has 0 spiro atoms. The van der Waals surface area contributed by atoms with Crippen LogP contribution in [0.1, 0.15) is 53.9 Å². The van der Waals surface area contributed by atoms with Gasteiger partial charge >= 0.3 is 0 Å². The van der Waals surface area contributed by atoms with Gasteiger partial charge in [0.1, 0.15) is 8.07 Å². The summed E-state index contributed by atoms with van der Waals surface area (Å²) in [5, 5.41) is 0. The SMILES string of the molecule is CCC[C@](C#C[Si](C)(C)C)(CC)N[S@](=O)C(C)(C)C. The third kappa shape index (κ3) is 7.29. The van der Waals surface area contributed by atoms with Crippen molar-refractivity contribution in [2.45, 2.75) is 83.8 Å². The fourth-order valence-electron chi connectivity index (χ4n) is 1.54. The van der Waals surface area contributed by atoms with Gasteiger partial charge in [-0.2, -0.15) is 0 Å². The second kappa shape index (κ2) is 7.06. The second-order valence-corrected chi connectivity index (χ2v) is 13.9. The maximum atomic E-state index is 12.4. The van der Waals surface area contributed by atoms with Crippen LogP contribution in [-0.4, -0.2) is 22.6 Å². The van der Waals surface area contributed by atoms with Crippen molar-refractivity contribution >= 4 is 19.1 Å². The van der Waals surface area contributed by atoms with Crippen molar-refractivity contribution in [1.82, 2.24) is 4.72 Å². The van der Waals surface area contributed by atoms with Gasteiger partial charge in [-0.1, -0.05) is 45.8 Å². The average molecular weight is 302 g/mol. The Morgan fingerprint density at radius 2 is 1.68 bits per heavy atom. The van der Waals surface area contributed by atoms with Gasteiger partial charge in [-0.3, -0.25) is 0 Å². The van der Waals surface area contributed by atoms with Crippen LogP contribution in [0.25, 0.3) is 0 Å². The van der Waals surface area contributed by atoms with Crippen LogP contribution in [0.4, 0.5) is 0 Å². The maximum Gasteiger partial charge on any atom is 0.129 e. The number of rotatable bonds is 5. The lowest BCUT2D eigenvalue weighted by Gasteiger charge is -2.31. The predicted molar refractivity (Wildman–Crippen MR) is 90.1 cm³/mol. The molecule has 112 valence electrons. The summed E-state index contributed by atoms with van der Waals surface area (Å²) in [7, 11) is -2.48. The minimum absolute atomic E-state index is 0.255. The van der Waals surface area contributed by atoms with Crippen LogP contribution in [0.15, 0.2) is 0 Å². The van der Waals surface area contributed by atoms with Crippen molar-refractivity contribution in [3.05, 3.63) is 0 Å². The van der Waals surface area contributed by atoms with E-state index in [4.69, 9.17) is 0 Å². The summed E-state index contributed by atoms with van der Waals surface area (Å²) in [6, 6.07) is 0. The Hall–Kier alpha value is -0.113. The van der Waals surface area contributed by atoms with Gasteiger partial charge < -0.3 is 0 Å². The number of nitrogens with one attached hydrogen (secondary N) is 1. The van der Waals surface area contributed by atoms with E-state index in [1.807, 2.05) is 20.8 Å². The summed E-state index contributed by atoms with van der Waals surface area (Å²) in [5.74, 6) is 3.43. The Morgan fingerprint density at radius 1 is 1.16 bits per heavy atom. The lowest BCUT2D eigenvalue weighted by atomic mass is 9.93. The highest BCUT2D eigenvalue weighted by atomic mass is 32.2. The molecular weight excluding hydrogens is 270 g/mol. The molecule has 0 radical (unpaired) electrons. The monoisotopic (exact) mass is 301 g/mol. The normalized spacial score (nSPS) is 17.3. The fraction of sp³-hybridized carbons (Fsp3) is 0.867. The molecule has 0 heterocycles. The fourth-order valence-corrected chi connectivity index (χ4v) is 3.11. The van der Waals surface area contributed by atoms with Gasteiger partial charge in [0.2, 0.25) is 0 Å². The molecule has 0 aliphatic carbocycles. The van der Waals surface area contributed by atoms with Crippen molar-refractivity contribution in [3.8, 4) is 11.5 Å². The zero-order chi connectivity index (χ0) is 15.3. The first kappa shape index (κ1) is 18.9. The molecule has 4 heteroatoms. The molecule has 0 saturated carbocycles. The van der Waals surface area contributed by atoms with E-state index in [-0.39, 0.29) is 10.3 Å². The molecule has 2 atom stereocenters. The van der Waals surface area contributed by atoms with Crippen LogP contribution in [0.5, 0.6) is 0 Å². The van der Waals surface area contributed by atoms with Crippen LogP contribution < -0.4 is 4.72 Å². The molecule has 0 aromatic carbocycles. The molecule has 0 aliphatic heterocycles. The lowest BCUT2D eigenvalue weighted by Crippen LogP contribution is -2.49. The molecule has 0 bridgehead atoms. The molecule has 0 aromatic heterocycles. The first-order chi connectivity index (χ1) is 8.46. The minimum atomic E-state index is -1.41. The molecule has 0 rings (SSSR count).